The zero-order chi connectivity index (χ0) is 14.8. The first-order valence-corrected chi connectivity index (χ1v) is 7.23. The van der Waals surface area contributed by atoms with Crippen molar-refractivity contribution in [1.82, 2.24) is 10.6 Å². The summed E-state index contributed by atoms with van der Waals surface area (Å²) in [6, 6.07) is 8.11. The van der Waals surface area contributed by atoms with Gasteiger partial charge in [-0.25, -0.2) is 0 Å². The number of benzene rings is 1. The summed E-state index contributed by atoms with van der Waals surface area (Å²) in [4.78, 5) is 4.22. The molecule has 0 aromatic heterocycles. The molecule has 0 fully saturated rings. The van der Waals surface area contributed by atoms with Crippen LogP contribution in [-0.4, -0.2) is 33.2 Å². The van der Waals surface area contributed by atoms with E-state index in [4.69, 9.17) is 4.74 Å². The number of nitrogens with zero attached hydrogens (tertiary/aromatic N) is 1. The Balaban J connectivity index is 0.00000400. The van der Waals surface area contributed by atoms with Crippen LogP contribution in [0.4, 0.5) is 0 Å². The van der Waals surface area contributed by atoms with Crippen molar-refractivity contribution in [2.24, 2.45) is 10.9 Å². The molecule has 0 spiro atoms. The molecule has 0 unspecified atom stereocenters. The van der Waals surface area contributed by atoms with Gasteiger partial charge in [-0.05, 0) is 30.4 Å². The second-order valence-electron chi connectivity index (χ2n) is 5.17. The number of nitrogens with one attached hydrogen (secondary N) is 2. The van der Waals surface area contributed by atoms with E-state index in [-0.39, 0.29) is 24.0 Å². The monoisotopic (exact) mass is 405 g/mol. The third kappa shape index (κ3) is 8.14. The average Bonchev–Trinajstić information content (AvgIpc) is 2.45. The van der Waals surface area contributed by atoms with Gasteiger partial charge < -0.3 is 15.4 Å². The molecule has 21 heavy (non-hydrogen) atoms. The van der Waals surface area contributed by atoms with Gasteiger partial charge in [0, 0.05) is 20.1 Å². The fourth-order valence-electron chi connectivity index (χ4n) is 1.92. The highest BCUT2D eigenvalue weighted by Gasteiger charge is 2.02. The molecule has 1 aromatic rings. The molecule has 0 saturated heterocycles. The second-order valence-corrected chi connectivity index (χ2v) is 5.17. The number of halogens is 1. The van der Waals surface area contributed by atoms with Gasteiger partial charge in [0.15, 0.2) is 5.96 Å². The molecule has 0 aliphatic heterocycles. The number of rotatable bonds is 7. The van der Waals surface area contributed by atoms with Crippen molar-refractivity contribution < 1.29 is 4.74 Å². The first-order valence-electron chi connectivity index (χ1n) is 7.23. The smallest absolute Gasteiger partial charge is 0.190 e. The lowest BCUT2D eigenvalue weighted by Gasteiger charge is -2.13. The van der Waals surface area contributed by atoms with Crippen molar-refractivity contribution in [2.75, 3.05) is 27.2 Å². The summed E-state index contributed by atoms with van der Waals surface area (Å²) in [5.74, 6) is 2.51. The molecule has 4 nitrogen and oxygen atoms in total. The van der Waals surface area contributed by atoms with E-state index in [0.717, 1.165) is 37.6 Å². The number of hydrogen-bond donors (Lipinski definition) is 2. The summed E-state index contributed by atoms with van der Waals surface area (Å²) >= 11 is 0. The lowest BCUT2D eigenvalue weighted by atomic mass is 10.1. The van der Waals surface area contributed by atoms with Crippen LogP contribution in [0.2, 0.25) is 0 Å². The van der Waals surface area contributed by atoms with Gasteiger partial charge in [-0.15, -0.1) is 24.0 Å². The standard InChI is InChI=1S/C16H27N3O.HI/c1-13(2)9-11-18-16(17-3)19-12-10-14-7-5-6-8-15(14)20-4;/h5-8,13H,9-12H2,1-4H3,(H2,17,18,19);1H. The molecule has 120 valence electrons. The second kappa shape index (κ2) is 11.7. The van der Waals surface area contributed by atoms with Crippen LogP contribution < -0.4 is 15.4 Å². The highest BCUT2D eigenvalue weighted by atomic mass is 127. The zero-order valence-electron chi connectivity index (χ0n) is 13.5. The van der Waals surface area contributed by atoms with Gasteiger partial charge in [0.05, 0.1) is 7.11 Å². The van der Waals surface area contributed by atoms with E-state index < -0.39 is 0 Å². The first-order chi connectivity index (χ1) is 9.67. The maximum Gasteiger partial charge on any atom is 0.190 e. The average molecular weight is 405 g/mol. The maximum atomic E-state index is 5.35. The third-order valence-electron chi connectivity index (χ3n) is 3.12. The fraction of sp³-hybridized carbons (Fsp3) is 0.562. The molecule has 0 amide bonds. The van der Waals surface area contributed by atoms with E-state index in [1.165, 1.54) is 5.56 Å². The minimum Gasteiger partial charge on any atom is -0.496 e. The van der Waals surface area contributed by atoms with E-state index in [2.05, 4.69) is 35.5 Å². The SMILES string of the molecule is CN=C(NCCc1ccccc1OC)NCCC(C)C.I. The molecule has 0 bridgehead atoms. The maximum absolute atomic E-state index is 5.35. The van der Waals surface area contributed by atoms with Gasteiger partial charge in [0.1, 0.15) is 5.75 Å². The highest BCUT2D eigenvalue weighted by Crippen LogP contribution is 2.17. The number of aliphatic imine (C=N–C) groups is 1. The molecule has 0 heterocycles. The van der Waals surface area contributed by atoms with Crippen molar-refractivity contribution in [1.29, 1.82) is 0 Å². The van der Waals surface area contributed by atoms with Crippen molar-refractivity contribution in [3.63, 3.8) is 0 Å². The molecular weight excluding hydrogens is 377 g/mol. The summed E-state index contributed by atoms with van der Waals surface area (Å²) in [5, 5.41) is 6.65. The van der Waals surface area contributed by atoms with Gasteiger partial charge in [0.2, 0.25) is 0 Å². The Labute approximate surface area is 145 Å². The van der Waals surface area contributed by atoms with E-state index in [0.29, 0.717) is 5.92 Å². The molecule has 0 saturated carbocycles. The zero-order valence-corrected chi connectivity index (χ0v) is 15.8. The number of methoxy groups -OCH3 is 1. The number of guanidine groups is 1. The van der Waals surface area contributed by atoms with E-state index in [9.17, 15) is 0 Å². The van der Waals surface area contributed by atoms with Crippen molar-refractivity contribution in [3.05, 3.63) is 29.8 Å². The lowest BCUT2D eigenvalue weighted by molar-refractivity contribution is 0.409. The van der Waals surface area contributed by atoms with Crippen molar-refractivity contribution >= 4 is 29.9 Å². The Morgan fingerprint density at radius 1 is 1.19 bits per heavy atom. The molecule has 0 atom stereocenters. The van der Waals surface area contributed by atoms with E-state index >= 15 is 0 Å². The van der Waals surface area contributed by atoms with Crippen LogP contribution in [0.15, 0.2) is 29.3 Å². The Hall–Kier alpha value is -0.980. The summed E-state index contributed by atoms with van der Waals surface area (Å²) < 4.78 is 5.35. The first kappa shape index (κ1) is 20.0. The Morgan fingerprint density at radius 3 is 2.48 bits per heavy atom. The molecule has 1 aromatic carbocycles. The minimum atomic E-state index is 0. The van der Waals surface area contributed by atoms with Crippen LogP contribution in [0.3, 0.4) is 0 Å². The molecule has 1 rings (SSSR count). The summed E-state index contributed by atoms with van der Waals surface area (Å²) in [5.41, 5.74) is 1.21. The predicted octanol–water partition coefficient (Wildman–Crippen LogP) is 3.07. The normalized spacial score (nSPS) is 11.0. The number of hydrogen-bond acceptors (Lipinski definition) is 2. The molecule has 0 aliphatic carbocycles. The summed E-state index contributed by atoms with van der Waals surface area (Å²) in [7, 11) is 3.51. The fourth-order valence-corrected chi connectivity index (χ4v) is 1.92. The number of ether oxygens (including phenoxy) is 1. The molecule has 0 radical (unpaired) electrons. The van der Waals surface area contributed by atoms with E-state index in [1.54, 1.807) is 14.2 Å². The Bertz CT molecular complexity index is 422. The molecule has 5 heteroatoms. The molecular formula is C16H28IN3O. The van der Waals surface area contributed by atoms with Crippen molar-refractivity contribution in [3.8, 4) is 5.75 Å². The van der Waals surface area contributed by atoms with Gasteiger partial charge in [-0.1, -0.05) is 32.0 Å². The van der Waals surface area contributed by atoms with Crippen LogP contribution in [0, 0.1) is 5.92 Å². The third-order valence-corrected chi connectivity index (χ3v) is 3.12. The van der Waals surface area contributed by atoms with Crippen LogP contribution in [0.5, 0.6) is 5.75 Å². The van der Waals surface area contributed by atoms with Gasteiger partial charge >= 0.3 is 0 Å². The van der Waals surface area contributed by atoms with Gasteiger partial charge in [0.25, 0.3) is 0 Å². The van der Waals surface area contributed by atoms with Crippen LogP contribution in [0.1, 0.15) is 25.8 Å². The Kier molecular flexibility index (Phi) is 11.1. The summed E-state index contributed by atoms with van der Waals surface area (Å²) in [6.45, 7) is 6.23. The van der Waals surface area contributed by atoms with Crippen LogP contribution in [0.25, 0.3) is 0 Å². The van der Waals surface area contributed by atoms with Gasteiger partial charge in [-0.3, -0.25) is 4.99 Å². The lowest BCUT2D eigenvalue weighted by Crippen LogP contribution is -2.39. The quantitative estimate of drug-likeness (QED) is 0.417. The van der Waals surface area contributed by atoms with Crippen molar-refractivity contribution in [2.45, 2.75) is 26.7 Å². The molecule has 0 aliphatic rings. The van der Waals surface area contributed by atoms with Crippen LogP contribution >= 0.6 is 24.0 Å². The van der Waals surface area contributed by atoms with Gasteiger partial charge in [-0.2, -0.15) is 0 Å². The topological polar surface area (TPSA) is 45.7 Å². The molecule has 2 N–H and O–H groups in total. The highest BCUT2D eigenvalue weighted by molar-refractivity contribution is 14.0. The van der Waals surface area contributed by atoms with E-state index in [1.807, 2.05) is 18.2 Å². The largest absolute Gasteiger partial charge is 0.496 e. The minimum absolute atomic E-state index is 0. The predicted molar refractivity (Wildman–Crippen MR) is 101 cm³/mol. The van der Waals surface area contributed by atoms with Crippen LogP contribution in [-0.2, 0) is 6.42 Å². The Morgan fingerprint density at radius 2 is 1.86 bits per heavy atom. The number of para-hydroxylation sites is 1. The summed E-state index contributed by atoms with van der Waals surface area (Å²) in [6.07, 6.45) is 2.06.